The minimum absolute atomic E-state index is 0.0213. The van der Waals surface area contributed by atoms with Gasteiger partial charge in [-0.25, -0.2) is 19.4 Å². The molecule has 2 aromatic heterocycles. The van der Waals surface area contributed by atoms with Crippen molar-refractivity contribution >= 4 is 23.8 Å². The van der Waals surface area contributed by atoms with Gasteiger partial charge in [0.2, 0.25) is 11.7 Å². The maximum absolute atomic E-state index is 15.1. The minimum Gasteiger partial charge on any atom is -0.463 e. The van der Waals surface area contributed by atoms with Crippen LogP contribution in [0.5, 0.6) is 11.6 Å². The van der Waals surface area contributed by atoms with Crippen LogP contribution in [0.4, 0.5) is 4.39 Å². The fourth-order valence-corrected chi connectivity index (χ4v) is 5.41. The molecule has 1 aliphatic rings. The number of hydrogen-bond acceptors (Lipinski definition) is 12. The molecule has 5 aromatic rings. The summed E-state index contributed by atoms with van der Waals surface area (Å²) >= 11 is 0. The summed E-state index contributed by atoms with van der Waals surface area (Å²) in [5.74, 6) is -5.07. The quantitative estimate of drug-likeness (QED) is 0.179. The van der Waals surface area contributed by atoms with Crippen molar-refractivity contribution in [1.82, 2.24) is 14.1 Å². The second kappa shape index (κ2) is 16.2. The monoisotopic (exact) mass is 723 g/mol. The molecule has 270 valence electrons. The van der Waals surface area contributed by atoms with E-state index in [-0.39, 0.29) is 47.0 Å². The lowest BCUT2D eigenvalue weighted by Crippen LogP contribution is -2.46. The average Bonchev–Trinajstić information content (AvgIpc) is 3.58. The Morgan fingerprint density at radius 1 is 0.849 bits per heavy atom. The second-order valence-corrected chi connectivity index (χ2v) is 11.7. The SMILES string of the molecule is CC(=O)OC[C@H]1O[C@@H](n2cc(F)c(=O)n(C(=O)c3cccc(C(=O)Oc4cc(OC(=O)c5ccccc5)ccn4)c3)c2=O)C[C@@H]1OCc1ccccc1. The highest BCUT2D eigenvalue weighted by molar-refractivity contribution is 5.99. The molecule has 14 nitrogen and oxygen atoms in total. The van der Waals surface area contributed by atoms with Crippen molar-refractivity contribution in [2.24, 2.45) is 0 Å². The molecule has 1 aliphatic heterocycles. The van der Waals surface area contributed by atoms with E-state index in [0.717, 1.165) is 16.2 Å². The van der Waals surface area contributed by atoms with Gasteiger partial charge in [0.1, 0.15) is 24.7 Å². The van der Waals surface area contributed by atoms with Gasteiger partial charge in [0, 0.05) is 31.2 Å². The molecule has 0 bridgehead atoms. The molecular formula is C38H30FN3O11. The predicted octanol–water partition coefficient (Wildman–Crippen LogP) is 4.11. The summed E-state index contributed by atoms with van der Waals surface area (Å²) in [6.07, 6.45) is -0.941. The Labute approximate surface area is 299 Å². The fourth-order valence-electron chi connectivity index (χ4n) is 5.41. The molecule has 3 atom stereocenters. The summed E-state index contributed by atoms with van der Waals surface area (Å²) < 4.78 is 43.7. The Morgan fingerprint density at radius 2 is 1.53 bits per heavy atom. The second-order valence-electron chi connectivity index (χ2n) is 11.7. The zero-order chi connectivity index (χ0) is 37.5. The molecule has 1 fully saturated rings. The van der Waals surface area contributed by atoms with Crippen molar-refractivity contribution in [2.45, 2.75) is 38.4 Å². The van der Waals surface area contributed by atoms with Gasteiger partial charge in [-0.3, -0.25) is 19.0 Å². The highest BCUT2D eigenvalue weighted by atomic mass is 19.1. The van der Waals surface area contributed by atoms with Crippen LogP contribution in [-0.4, -0.2) is 56.7 Å². The zero-order valence-electron chi connectivity index (χ0n) is 28.0. The summed E-state index contributed by atoms with van der Waals surface area (Å²) in [4.78, 5) is 81.1. The first-order valence-corrected chi connectivity index (χ1v) is 16.2. The third-order valence-corrected chi connectivity index (χ3v) is 7.99. The molecule has 6 rings (SSSR count). The van der Waals surface area contributed by atoms with Crippen LogP contribution in [0.15, 0.2) is 119 Å². The van der Waals surface area contributed by atoms with E-state index in [1.54, 1.807) is 30.3 Å². The normalized spacial score (nSPS) is 16.5. The molecule has 0 spiro atoms. The van der Waals surface area contributed by atoms with Gasteiger partial charge < -0.3 is 23.7 Å². The first-order valence-electron chi connectivity index (χ1n) is 16.2. The molecule has 0 unspecified atom stereocenters. The van der Waals surface area contributed by atoms with E-state index in [4.69, 9.17) is 23.7 Å². The predicted molar refractivity (Wildman–Crippen MR) is 182 cm³/mol. The van der Waals surface area contributed by atoms with Crippen molar-refractivity contribution in [2.75, 3.05) is 6.61 Å². The van der Waals surface area contributed by atoms with Crippen LogP contribution >= 0.6 is 0 Å². The number of rotatable bonds is 11. The largest absolute Gasteiger partial charge is 0.463 e. The summed E-state index contributed by atoms with van der Waals surface area (Å²) in [6.45, 7) is 1.13. The van der Waals surface area contributed by atoms with Crippen molar-refractivity contribution < 1.29 is 47.3 Å². The van der Waals surface area contributed by atoms with Crippen molar-refractivity contribution in [1.29, 1.82) is 0 Å². The number of nitrogens with zero attached hydrogens (tertiary/aromatic N) is 3. The van der Waals surface area contributed by atoms with E-state index in [9.17, 15) is 28.8 Å². The number of halogens is 1. The van der Waals surface area contributed by atoms with Crippen molar-refractivity contribution in [3.05, 3.63) is 158 Å². The average molecular weight is 724 g/mol. The summed E-state index contributed by atoms with van der Waals surface area (Å²) in [7, 11) is 0. The molecule has 15 heteroatoms. The van der Waals surface area contributed by atoms with E-state index in [1.165, 1.54) is 43.5 Å². The van der Waals surface area contributed by atoms with Crippen LogP contribution < -0.4 is 20.7 Å². The molecular weight excluding hydrogens is 693 g/mol. The molecule has 0 N–H and O–H groups in total. The van der Waals surface area contributed by atoms with E-state index in [1.807, 2.05) is 30.3 Å². The van der Waals surface area contributed by atoms with Gasteiger partial charge in [0.05, 0.1) is 30.0 Å². The Balaban J connectivity index is 1.20. The van der Waals surface area contributed by atoms with E-state index < -0.39 is 59.3 Å². The number of carbonyl (C=O) groups is 4. The summed E-state index contributed by atoms with van der Waals surface area (Å²) in [5.41, 5.74) is -2.12. The molecule has 53 heavy (non-hydrogen) atoms. The lowest BCUT2D eigenvalue weighted by molar-refractivity contribution is -0.148. The van der Waals surface area contributed by atoms with Crippen LogP contribution in [0.3, 0.4) is 0 Å². The number of carbonyl (C=O) groups excluding carboxylic acids is 4. The number of hydrogen-bond donors (Lipinski definition) is 0. The maximum atomic E-state index is 15.1. The van der Waals surface area contributed by atoms with Gasteiger partial charge in [0.15, 0.2) is 0 Å². The highest BCUT2D eigenvalue weighted by Gasteiger charge is 2.39. The lowest BCUT2D eigenvalue weighted by atomic mass is 10.1. The molecule has 1 saturated heterocycles. The lowest BCUT2D eigenvalue weighted by Gasteiger charge is -2.18. The highest BCUT2D eigenvalue weighted by Crippen LogP contribution is 2.31. The van der Waals surface area contributed by atoms with Gasteiger partial charge in [-0.05, 0) is 42.0 Å². The Morgan fingerprint density at radius 3 is 2.26 bits per heavy atom. The number of ether oxygens (including phenoxy) is 5. The number of benzene rings is 3. The van der Waals surface area contributed by atoms with Crippen LogP contribution in [-0.2, 0) is 25.6 Å². The van der Waals surface area contributed by atoms with Gasteiger partial charge in [-0.1, -0.05) is 54.6 Å². The van der Waals surface area contributed by atoms with Crippen molar-refractivity contribution in [3.63, 3.8) is 0 Å². The maximum Gasteiger partial charge on any atom is 0.344 e. The Bertz CT molecular complexity index is 2280. The number of aromatic nitrogens is 3. The molecule has 3 aromatic carbocycles. The zero-order valence-corrected chi connectivity index (χ0v) is 28.0. The fraction of sp³-hybridized carbons (Fsp3) is 0.184. The van der Waals surface area contributed by atoms with Gasteiger partial charge in [-0.2, -0.15) is 8.96 Å². The molecule has 0 aliphatic carbocycles. The smallest absolute Gasteiger partial charge is 0.344 e. The standard InChI is InChI=1S/C38H30FN3O11/c1-23(43)49-22-31-30(50-21-24-9-4-2-5-10-24)19-33(52-31)41-20-29(39)35(45)42(38(41)48)34(44)26-13-8-14-27(17-26)37(47)53-32-18-28(15-16-40-32)51-36(46)25-11-6-3-7-12-25/h2-18,20,30-31,33H,19,21-22H2,1H3/t30-,31+,33+/m0/s1. The van der Waals surface area contributed by atoms with Crippen LogP contribution in [0, 0.1) is 5.82 Å². The molecule has 0 radical (unpaired) electrons. The van der Waals surface area contributed by atoms with Gasteiger partial charge >= 0.3 is 23.6 Å². The molecule has 0 amide bonds. The van der Waals surface area contributed by atoms with E-state index in [0.29, 0.717) is 11.8 Å². The van der Waals surface area contributed by atoms with Gasteiger partial charge in [0.25, 0.3) is 11.5 Å². The number of pyridine rings is 1. The minimum atomic E-state index is -1.53. The summed E-state index contributed by atoms with van der Waals surface area (Å²) in [6, 6.07) is 24.9. The first-order chi connectivity index (χ1) is 25.6. The third kappa shape index (κ3) is 8.66. The first kappa shape index (κ1) is 36.2. The Hall–Kier alpha value is -6.58. The third-order valence-electron chi connectivity index (χ3n) is 7.99. The van der Waals surface area contributed by atoms with Crippen LogP contribution in [0.25, 0.3) is 0 Å². The molecule has 0 saturated carbocycles. The molecule has 3 heterocycles. The van der Waals surface area contributed by atoms with Crippen molar-refractivity contribution in [3.8, 4) is 11.6 Å². The Kier molecular flexibility index (Phi) is 11.1. The van der Waals surface area contributed by atoms with Crippen LogP contribution in [0.2, 0.25) is 0 Å². The van der Waals surface area contributed by atoms with Crippen LogP contribution in [0.1, 0.15) is 56.2 Å². The van der Waals surface area contributed by atoms with E-state index >= 15 is 4.39 Å². The number of esters is 3. The topological polar surface area (TPSA) is 171 Å². The summed E-state index contributed by atoms with van der Waals surface area (Å²) in [5, 5.41) is 0. The van der Waals surface area contributed by atoms with E-state index in [2.05, 4.69) is 4.98 Å². The van der Waals surface area contributed by atoms with Gasteiger partial charge in [-0.15, -0.1) is 0 Å².